The van der Waals surface area contributed by atoms with Crippen molar-refractivity contribution in [1.82, 2.24) is 10.2 Å². The smallest absolute Gasteiger partial charge is 0.0158 e. The van der Waals surface area contributed by atoms with E-state index in [-0.39, 0.29) is 0 Å². The summed E-state index contributed by atoms with van der Waals surface area (Å²) in [6, 6.07) is 0.751. The lowest BCUT2D eigenvalue weighted by Gasteiger charge is -2.42. The average molecular weight is 287 g/mol. The second-order valence-electron chi connectivity index (χ2n) is 6.63. The monoisotopic (exact) mass is 286 g/mol. The molecule has 1 heterocycles. The molecule has 0 bridgehead atoms. The Morgan fingerprint density at radius 3 is 2.53 bits per heavy atom. The summed E-state index contributed by atoms with van der Waals surface area (Å²) in [5, 5.41) is 3.70. The fourth-order valence-electron chi connectivity index (χ4n) is 2.83. The largest absolute Gasteiger partial charge is 0.316 e. The van der Waals surface area contributed by atoms with Crippen molar-refractivity contribution in [3.8, 4) is 0 Å². The van der Waals surface area contributed by atoms with Gasteiger partial charge in [-0.1, -0.05) is 27.7 Å². The highest BCUT2D eigenvalue weighted by Gasteiger charge is 2.31. The van der Waals surface area contributed by atoms with Gasteiger partial charge in [-0.3, -0.25) is 4.90 Å². The van der Waals surface area contributed by atoms with E-state index in [9.17, 15) is 0 Å². The zero-order valence-corrected chi connectivity index (χ0v) is 14.5. The van der Waals surface area contributed by atoms with E-state index in [1.165, 1.54) is 44.0 Å². The highest BCUT2D eigenvalue weighted by Crippen LogP contribution is 2.29. The summed E-state index contributed by atoms with van der Waals surface area (Å²) in [6.07, 6.45) is 2.57. The first-order chi connectivity index (χ1) is 9.03. The van der Waals surface area contributed by atoms with E-state index in [2.05, 4.69) is 56.6 Å². The van der Waals surface area contributed by atoms with Crippen LogP contribution in [-0.2, 0) is 0 Å². The fourth-order valence-corrected chi connectivity index (χ4v) is 3.91. The van der Waals surface area contributed by atoms with Crippen LogP contribution >= 0.6 is 11.8 Å². The van der Waals surface area contributed by atoms with Gasteiger partial charge in [-0.05, 0) is 37.6 Å². The Morgan fingerprint density at radius 2 is 2.00 bits per heavy atom. The molecular weight excluding hydrogens is 252 g/mol. The van der Waals surface area contributed by atoms with Gasteiger partial charge in [0.05, 0.1) is 0 Å². The Morgan fingerprint density at radius 1 is 1.32 bits per heavy atom. The molecule has 1 saturated heterocycles. The predicted molar refractivity (Wildman–Crippen MR) is 89.1 cm³/mol. The van der Waals surface area contributed by atoms with Gasteiger partial charge in [0, 0.05) is 37.2 Å². The average Bonchev–Trinajstić information content (AvgIpc) is 2.39. The molecule has 0 aliphatic carbocycles. The van der Waals surface area contributed by atoms with Gasteiger partial charge >= 0.3 is 0 Å². The van der Waals surface area contributed by atoms with E-state index in [4.69, 9.17) is 0 Å². The Bertz CT molecular complexity index is 239. The van der Waals surface area contributed by atoms with Gasteiger partial charge in [-0.15, -0.1) is 0 Å². The number of thioether (sulfide) groups is 1. The Labute approximate surface area is 125 Å². The van der Waals surface area contributed by atoms with Crippen molar-refractivity contribution in [2.45, 2.75) is 53.5 Å². The number of hydrogen-bond donors (Lipinski definition) is 1. The summed E-state index contributed by atoms with van der Waals surface area (Å²) in [6.45, 7) is 16.6. The summed E-state index contributed by atoms with van der Waals surface area (Å²) < 4.78 is 0. The van der Waals surface area contributed by atoms with E-state index in [1.807, 2.05) is 0 Å². The molecule has 0 aromatic rings. The lowest BCUT2D eigenvalue weighted by molar-refractivity contribution is 0.114. The predicted octanol–water partition coefficient (Wildman–Crippen LogP) is 3.48. The summed E-state index contributed by atoms with van der Waals surface area (Å²) >= 11 is 2.11. The third-order valence-electron chi connectivity index (χ3n) is 4.60. The molecule has 1 rings (SSSR count). The molecule has 0 aromatic heterocycles. The van der Waals surface area contributed by atoms with Crippen LogP contribution in [0.15, 0.2) is 0 Å². The van der Waals surface area contributed by atoms with Crippen molar-refractivity contribution in [2.75, 3.05) is 37.7 Å². The number of nitrogens with one attached hydrogen (secondary N) is 1. The lowest BCUT2D eigenvalue weighted by atomic mass is 9.81. The SMILES string of the molecule is CCC(CC)(CNCC(C)C)CN1CCSCC1C. The van der Waals surface area contributed by atoms with Crippen LogP contribution in [0, 0.1) is 11.3 Å². The summed E-state index contributed by atoms with van der Waals surface area (Å²) in [4.78, 5) is 2.72. The molecule has 1 fully saturated rings. The van der Waals surface area contributed by atoms with E-state index < -0.39 is 0 Å². The topological polar surface area (TPSA) is 15.3 Å². The standard InChI is InChI=1S/C16H34N2S/c1-6-16(7-2,12-17-10-14(3)4)13-18-8-9-19-11-15(18)5/h14-15,17H,6-13H2,1-5H3. The second kappa shape index (κ2) is 8.53. The van der Waals surface area contributed by atoms with E-state index >= 15 is 0 Å². The first-order valence-electron chi connectivity index (χ1n) is 8.05. The van der Waals surface area contributed by atoms with E-state index in [0.29, 0.717) is 5.41 Å². The van der Waals surface area contributed by atoms with Crippen LogP contribution in [0.3, 0.4) is 0 Å². The number of nitrogens with zero attached hydrogens (tertiary/aromatic N) is 1. The van der Waals surface area contributed by atoms with Crippen molar-refractivity contribution in [1.29, 1.82) is 0 Å². The van der Waals surface area contributed by atoms with Crippen molar-refractivity contribution in [3.63, 3.8) is 0 Å². The molecule has 1 aliphatic heterocycles. The van der Waals surface area contributed by atoms with Gasteiger partial charge in [-0.25, -0.2) is 0 Å². The quantitative estimate of drug-likeness (QED) is 0.735. The molecule has 2 nitrogen and oxygen atoms in total. The Balaban J connectivity index is 2.53. The maximum absolute atomic E-state index is 3.70. The minimum absolute atomic E-state index is 0.463. The van der Waals surface area contributed by atoms with Crippen LogP contribution in [0.5, 0.6) is 0 Å². The fraction of sp³-hybridized carbons (Fsp3) is 1.00. The third-order valence-corrected chi connectivity index (χ3v) is 5.79. The maximum Gasteiger partial charge on any atom is 0.0158 e. The normalized spacial score (nSPS) is 22.1. The minimum Gasteiger partial charge on any atom is -0.316 e. The van der Waals surface area contributed by atoms with E-state index in [1.54, 1.807) is 0 Å². The Kier molecular flexibility index (Phi) is 7.78. The van der Waals surface area contributed by atoms with Crippen molar-refractivity contribution < 1.29 is 0 Å². The molecule has 3 heteroatoms. The molecule has 0 aromatic carbocycles. The maximum atomic E-state index is 3.70. The van der Waals surface area contributed by atoms with Gasteiger partial charge in [0.25, 0.3) is 0 Å². The molecule has 1 unspecified atom stereocenters. The lowest BCUT2D eigenvalue weighted by Crippen LogP contribution is -2.49. The molecule has 0 saturated carbocycles. The highest BCUT2D eigenvalue weighted by atomic mass is 32.2. The van der Waals surface area contributed by atoms with Crippen LogP contribution in [0.1, 0.15) is 47.5 Å². The summed E-state index contributed by atoms with van der Waals surface area (Å²) in [7, 11) is 0. The molecule has 114 valence electrons. The molecule has 1 N–H and O–H groups in total. The zero-order chi connectivity index (χ0) is 14.3. The number of rotatable bonds is 8. The first-order valence-corrected chi connectivity index (χ1v) is 9.21. The van der Waals surface area contributed by atoms with Crippen molar-refractivity contribution in [2.24, 2.45) is 11.3 Å². The van der Waals surface area contributed by atoms with Gasteiger partial charge in [0.15, 0.2) is 0 Å². The van der Waals surface area contributed by atoms with Gasteiger partial charge in [-0.2, -0.15) is 11.8 Å². The second-order valence-corrected chi connectivity index (χ2v) is 7.78. The van der Waals surface area contributed by atoms with Gasteiger partial charge in [0.2, 0.25) is 0 Å². The van der Waals surface area contributed by atoms with E-state index in [0.717, 1.165) is 18.5 Å². The molecular formula is C16H34N2S. The molecule has 0 amide bonds. The summed E-state index contributed by atoms with van der Waals surface area (Å²) in [5.41, 5.74) is 0.463. The van der Waals surface area contributed by atoms with Crippen LogP contribution in [-0.4, -0.2) is 48.6 Å². The van der Waals surface area contributed by atoms with Crippen LogP contribution in [0.25, 0.3) is 0 Å². The Hall–Kier alpha value is 0.270. The van der Waals surface area contributed by atoms with Crippen LogP contribution in [0.2, 0.25) is 0 Å². The van der Waals surface area contributed by atoms with Gasteiger partial charge in [0.1, 0.15) is 0 Å². The highest BCUT2D eigenvalue weighted by molar-refractivity contribution is 7.99. The third kappa shape index (κ3) is 5.65. The number of hydrogen-bond acceptors (Lipinski definition) is 3. The molecule has 0 radical (unpaired) electrons. The molecule has 0 spiro atoms. The molecule has 19 heavy (non-hydrogen) atoms. The zero-order valence-electron chi connectivity index (χ0n) is 13.7. The summed E-state index contributed by atoms with van der Waals surface area (Å²) in [5.74, 6) is 3.37. The van der Waals surface area contributed by atoms with Crippen LogP contribution in [0.4, 0.5) is 0 Å². The van der Waals surface area contributed by atoms with Crippen LogP contribution < -0.4 is 5.32 Å². The molecule has 1 atom stereocenters. The van der Waals surface area contributed by atoms with Crippen molar-refractivity contribution in [3.05, 3.63) is 0 Å². The van der Waals surface area contributed by atoms with Gasteiger partial charge < -0.3 is 5.32 Å². The molecule has 1 aliphatic rings. The minimum atomic E-state index is 0.463. The first kappa shape index (κ1) is 17.3. The van der Waals surface area contributed by atoms with Crippen molar-refractivity contribution >= 4 is 11.8 Å².